The summed E-state index contributed by atoms with van der Waals surface area (Å²) in [5, 5.41) is 2.58. The molecule has 1 heterocycles. The summed E-state index contributed by atoms with van der Waals surface area (Å²) in [4.78, 5) is 15.7. The Morgan fingerprint density at radius 2 is 2.29 bits per heavy atom. The van der Waals surface area contributed by atoms with Gasteiger partial charge in [0.15, 0.2) is 0 Å². The molecule has 0 saturated heterocycles. The lowest BCUT2D eigenvalue weighted by Crippen LogP contribution is -2.12. The fourth-order valence-electron chi connectivity index (χ4n) is 1.31. The number of carbonyl (C=O) groups excluding carboxylic acids is 1. The van der Waals surface area contributed by atoms with Crippen molar-refractivity contribution in [1.29, 1.82) is 0 Å². The minimum absolute atomic E-state index is 0.281. The molecule has 0 aliphatic carbocycles. The van der Waals surface area contributed by atoms with Gasteiger partial charge in [-0.1, -0.05) is 0 Å². The molecule has 17 heavy (non-hydrogen) atoms. The lowest BCUT2D eigenvalue weighted by atomic mass is 10.3. The number of aromatic nitrogens is 2. The van der Waals surface area contributed by atoms with Gasteiger partial charge in [0.2, 0.25) is 0 Å². The van der Waals surface area contributed by atoms with Crippen molar-refractivity contribution >= 4 is 27.5 Å². The Balaban J connectivity index is 2.21. The Morgan fingerprint density at radius 1 is 1.53 bits per heavy atom. The first-order valence-corrected chi connectivity index (χ1v) is 5.60. The van der Waals surface area contributed by atoms with Crippen molar-refractivity contribution in [2.45, 2.75) is 0 Å². The summed E-state index contributed by atoms with van der Waals surface area (Å²) in [5.41, 5.74) is 0.657. The quantitative estimate of drug-likeness (QED) is 0.926. The summed E-state index contributed by atoms with van der Waals surface area (Å²) in [5.74, 6) is -0.790. The molecule has 0 saturated carbocycles. The molecule has 0 atom stereocenters. The van der Waals surface area contributed by atoms with Gasteiger partial charge in [0.25, 0.3) is 5.91 Å². The molecule has 0 aliphatic heterocycles. The van der Waals surface area contributed by atoms with Crippen LogP contribution >= 0.6 is 15.9 Å². The summed E-state index contributed by atoms with van der Waals surface area (Å²) >= 11 is 3.23. The molecule has 0 fully saturated rings. The third kappa shape index (κ3) is 2.71. The number of halogens is 2. The van der Waals surface area contributed by atoms with Crippen molar-refractivity contribution in [1.82, 2.24) is 9.55 Å². The number of aryl methyl sites for hydroxylation is 1. The smallest absolute Gasteiger partial charge is 0.275 e. The van der Waals surface area contributed by atoms with Gasteiger partial charge in [-0.3, -0.25) is 4.79 Å². The van der Waals surface area contributed by atoms with Crippen molar-refractivity contribution in [2.24, 2.45) is 7.05 Å². The Morgan fingerprint density at radius 3 is 2.94 bits per heavy atom. The van der Waals surface area contributed by atoms with Gasteiger partial charge in [-0.05, 0) is 34.1 Å². The molecule has 88 valence electrons. The third-order valence-corrected chi connectivity index (χ3v) is 2.81. The number of nitrogens with one attached hydrogen (secondary N) is 1. The van der Waals surface area contributed by atoms with E-state index in [2.05, 4.69) is 26.2 Å². The van der Waals surface area contributed by atoms with E-state index in [1.54, 1.807) is 17.8 Å². The van der Waals surface area contributed by atoms with Crippen molar-refractivity contribution in [3.05, 3.63) is 46.7 Å². The second-order valence-electron chi connectivity index (χ2n) is 3.50. The normalized spacial score (nSPS) is 10.3. The van der Waals surface area contributed by atoms with Crippen molar-refractivity contribution in [3.63, 3.8) is 0 Å². The van der Waals surface area contributed by atoms with Crippen LogP contribution < -0.4 is 5.32 Å². The fraction of sp³-hybridized carbons (Fsp3) is 0.0909. The van der Waals surface area contributed by atoms with E-state index in [0.717, 1.165) is 0 Å². The minimum atomic E-state index is -0.412. The summed E-state index contributed by atoms with van der Waals surface area (Å²) in [6, 6.07) is 4.08. The molecule has 4 nitrogen and oxygen atoms in total. The van der Waals surface area contributed by atoms with Crippen LogP contribution in [-0.2, 0) is 7.05 Å². The molecule has 6 heteroatoms. The number of nitrogens with zero attached hydrogens (tertiary/aromatic N) is 2. The van der Waals surface area contributed by atoms with Crippen LogP contribution in [-0.4, -0.2) is 15.5 Å². The average Bonchev–Trinajstić information content (AvgIpc) is 2.70. The van der Waals surface area contributed by atoms with Gasteiger partial charge in [-0.25, -0.2) is 9.37 Å². The first-order valence-electron chi connectivity index (χ1n) is 4.80. The van der Waals surface area contributed by atoms with Crippen LogP contribution in [0.4, 0.5) is 10.1 Å². The highest BCUT2D eigenvalue weighted by atomic mass is 79.9. The standard InChI is InChI=1S/C11H9BrFN3O/c1-16-5-10(14-6-16)11(17)15-9-4-7(13)2-3-8(9)12/h2-6H,1H3,(H,15,17). The number of hydrogen-bond donors (Lipinski definition) is 1. The topological polar surface area (TPSA) is 46.9 Å². The van der Waals surface area contributed by atoms with Gasteiger partial charge < -0.3 is 9.88 Å². The maximum Gasteiger partial charge on any atom is 0.275 e. The zero-order valence-corrected chi connectivity index (χ0v) is 10.5. The van der Waals surface area contributed by atoms with E-state index in [4.69, 9.17) is 0 Å². The highest BCUT2D eigenvalue weighted by Crippen LogP contribution is 2.23. The predicted octanol–water partition coefficient (Wildman–Crippen LogP) is 2.57. The number of amides is 1. The summed E-state index contributed by atoms with van der Waals surface area (Å²) < 4.78 is 15.3. The van der Waals surface area contributed by atoms with Crippen LogP contribution in [0.5, 0.6) is 0 Å². The number of rotatable bonds is 2. The molecule has 1 aromatic carbocycles. The summed E-state index contributed by atoms with van der Waals surface area (Å²) in [7, 11) is 1.77. The molecular weight excluding hydrogens is 289 g/mol. The molecule has 2 rings (SSSR count). The lowest BCUT2D eigenvalue weighted by Gasteiger charge is -2.05. The van der Waals surface area contributed by atoms with Crippen LogP contribution in [0.25, 0.3) is 0 Å². The number of hydrogen-bond acceptors (Lipinski definition) is 2. The van der Waals surface area contributed by atoms with Crippen molar-refractivity contribution in [3.8, 4) is 0 Å². The van der Waals surface area contributed by atoms with E-state index in [-0.39, 0.29) is 11.6 Å². The largest absolute Gasteiger partial charge is 0.340 e. The Labute approximate surface area is 106 Å². The maximum absolute atomic E-state index is 13.0. The molecule has 2 aromatic rings. The van der Waals surface area contributed by atoms with E-state index in [9.17, 15) is 9.18 Å². The van der Waals surface area contributed by atoms with Crippen LogP contribution in [0, 0.1) is 5.82 Å². The monoisotopic (exact) mass is 297 g/mol. The molecule has 0 bridgehead atoms. The number of carbonyl (C=O) groups is 1. The van der Waals surface area contributed by atoms with E-state index >= 15 is 0 Å². The van der Waals surface area contributed by atoms with Crippen molar-refractivity contribution < 1.29 is 9.18 Å². The van der Waals surface area contributed by atoms with Crippen LogP contribution in [0.1, 0.15) is 10.5 Å². The SMILES string of the molecule is Cn1cnc(C(=O)Nc2cc(F)ccc2Br)c1. The number of anilines is 1. The predicted molar refractivity (Wildman–Crippen MR) is 65.3 cm³/mol. The Bertz CT molecular complexity index is 568. The summed E-state index contributed by atoms with van der Waals surface area (Å²) in [6.07, 6.45) is 3.11. The maximum atomic E-state index is 13.0. The molecular formula is C11H9BrFN3O. The molecule has 1 N–H and O–H groups in total. The fourth-order valence-corrected chi connectivity index (χ4v) is 1.66. The average molecular weight is 298 g/mol. The van der Waals surface area contributed by atoms with Crippen LogP contribution in [0.15, 0.2) is 35.2 Å². The summed E-state index contributed by atoms with van der Waals surface area (Å²) in [6.45, 7) is 0. The molecule has 0 spiro atoms. The zero-order valence-electron chi connectivity index (χ0n) is 8.95. The van der Waals surface area contributed by atoms with Gasteiger partial charge >= 0.3 is 0 Å². The second kappa shape index (κ2) is 4.67. The van der Waals surface area contributed by atoms with E-state index in [0.29, 0.717) is 10.2 Å². The van der Waals surface area contributed by atoms with Gasteiger partial charge in [-0.15, -0.1) is 0 Å². The van der Waals surface area contributed by atoms with Gasteiger partial charge in [-0.2, -0.15) is 0 Å². The molecule has 0 unspecified atom stereocenters. The van der Waals surface area contributed by atoms with Gasteiger partial charge in [0.05, 0.1) is 12.0 Å². The molecule has 1 amide bonds. The van der Waals surface area contributed by atoms with Crippen LogP contribution in [0.3, 0.4) is 0 Å². The first kappa shape index (κ1) is 11.8. The highest BCUT2D eigenvalue weighted by molar-refractivity contribution is 9.10. The highest BCUT2D eigenvalue weighted by Gasteiger charge is 2.11. The van der Waals surface area contributed by atoms with Crippen molar-refractivity contribution in [2.75, 3.05) is 5.32 Å². The molecule has 0 aliphatic rings. The Kier molecular flexibility index (Phi) is 3.23. The third-order valence-electron chi connectivity index (χ3n) is 2.11. The first-order chi connectivity index (χ1) is 8.06. The van der Waals surface area contributed by atoms with E-state index < -0.39 is 5.82 Å². The van der Waals surface area contributed by atoms with Gasteiger partial charge in [0, 0.05) is 17.7 Å². The zero-order chi connectivity index (χ0) is 12.4. The van der Waals surface area contributed by atoms with E-state index in [1.165, 1.54) is 24.5 Å². The van der Waals surface area contributed by atoms with E-state index in [1.807, 2.05) is 0 Å². The minimum Gasteiger partial charge on any atom is -0.340 e. The second-order valence-corrected chi connectivity index (χ2v) is 4.36. The molecule has 0 radical (unpaired) electrons. The Hall–Kier alpha value is -1.69. The number of imidazole rings is 1. The molecule has 1 aromatic heterocycles. The van der Waals surface area contributed by atoms with Gasteiger partial charge in [0.1, 0.15) is 11.5 Å². The number of benzene rings is 1. The lowest BCUT2D eigenvalue weighted by molar-refractivity contribution is 0.102. The van der Waals surface area contributed by atoms with Crippen LogP contribution in [0.2, 0.25) is 0 Å².